The molecule has 0 saturated carbocycles. The van der Waals surface area contributed by atoms with Gasteiger partial charge < -0.3 is 10.2 Å². The van der Waals surface area contributed by atoms with Crippen molar-refractivity contribution in [2.75, 3.05) is 19.6 Å². The number of piperidine rings is 1. The Bertz CT molecular complexity index is 289. The predicted molar refractivity (Wildman–Crippen MR) is 85.7 cm³/mol. The molecule has 1 fully saturated rings. The minimum absolute atomic E-state index is 0.130. The van der Waals surface area contributed by atoms with Gasteiger partial charge in [0.05, 0.1) is 0 Å². The van der Waals surface area contributed by atoms with Gasteiger partial charge in [0.15, 0.2) is 0 Å². The Morgan fingerprint density at radius 3 is 2.55 bits per heavy atom. The third kappa shape index (κ3) is 5.43. The molecule has 2 unspecified atom stereocenters. The Morgan fingerprint density at radius 1 is 1.30 bits per heavy atom. The van der Waals surface area contributed by atoms with E-state index in [1.54, 1.807) is 0 Å². The van der Waals surface area contributed by atoms with E-state index in [0.29, 0.717) is 23.8 Å². The summed E-state index contributed by atoms with van der Waals surface area (Å²) in [6, 6.07) is 0.621. The van der Waals surface area contributed by atoms with Crippen molar-refractivity contribution >= 4 is 5.91 Å². The first kappa shape index (κ1) is 17.5. The van der Waals surface area contributed by atoms with Gasteiger partial charge in [0.25, 0.3) is 0 Å². The SMILES string of the molecule is CCCC(NCC1CCCN(C(=O)C(C)C)C1)C(C)C. The first-order valence-corrected chi connectivity index (χ1v) is 8.47. The lowest BCUT2D eigenvalue weighted by Crippen LogP contribution is -2.46. The molecular weight excluding hydrogens is 248 g/mol. The van der Waals surface area contributed by atoms with Crippen molar-refractivity contribution in [1.29, 1.82) is 0 Å². The number of amides is 1. The van der Waals surface area contributed by atoms with Crippen LogP contribution in [0.2, 0.25) is 0 Å². The molecular formula is C17H34N2O. The van der Waals surface area contributed by atoms with E-state index >= 15 is 0 Å². The minimum atomic E-state index is 0.130. The molecule has 1 aliphatic heterocycles. The minimum Gasteiger partial charge on any atom is -0.342 e. The normalized spacial score (nSPS) is 21.6. The van der Waals surface area contributed by atoms with E-state index in [-0.39, 0.29) is 5.92 Å². The zero-order valence-electron chi connectivity index (χ0n) is 14.1. The predicted octanol–water partition coefficient (Wildman–Crippen LogP) is 3.30. The molecule has 0 aromatic carbocycles. The topological polar surface area (TPSA) is 32.3 Å². The summed E-state index contributed by atoms with van der Waals surface area (Å²) >= 11 is 0. The van der Waals surface area contributed by atoms with Crippen LogP contribution in [-0.2, 0) is 4.79 Å². The fourth-order valence-corrected chi connectivity index (χ4v) is 3.10. The summed E-state index contributed by atoms with van der Waals surface area (Å²) in [7, 11) is 0. The number of hydrogen-bond donors (Lipinski definition) is 1. The summed E-state index contributed by atoms with van der Waals surface area (Å²) in [6.07, 6.45) is 4.90. The molecule has 3 heteroatoms. The van der Waals surface area contributed by atoms with E-state index in [1.807, 2.05) is 13.8 Å². The molecule has 0 aromatic heterocycles. The van der Waals surface area contributed by atoms with Crippen LogP contribution in [-0.4, -0.2) is 36.5 Å². The Kier molecular flexibility index (Phi) is 7.57. The molecule has 1 aliphatic rings. The second-order valence-corrected chi connectivity index (χ2v) is 6.99. The van der Waals surface area contributed by atoms with Crippen molar-refractivity contribution < 1.29 is 4.79 Å². The number of nitrogens with one attached hydrogen (secondary N) is 1. The highest BCUT2D eigenvalue weighted by atomic mass is 16.2. The number of nitrogens with zero attached hydrogens (tertiary/aromatic N) is 1. The van der Waals surface area contributed by atoms with Crippen LogP contribution in [0.15, 0.2) is 0 Å². The Labute approximate surface area is 125 Å². The maximum atomic E-state index is 12.1. The molecule has 1 heterocycles. The maximum absolute atomic E-state index is 12.1. The molecule has 0 aromatic rings. The Hall–Kier alpha value is -0.570. The molecule has 118 valence electrons. The molecule has 1 saturated heterocycles. The average Bonchev–Trinajstić information content (AvgIpc) is 2.42. The van der Waals surface area contributed by atoms with Gasteiger partial charge in [-0.1, -0.05) is 41.0 Å². The number of rotatable bonds is 7. The van der Waals surface area contributed by atoms with Crippen LogP contribution in [0.3, 0.4) is 0 Å². The van der Waals surface area contributed by atoms with E-state index in [2.05, 4.69) is 31.0 Å². The molecule has 0 spiro atoms. The highest BCUT2D eigenvalue weighted by Crippen LogP contribution is 2.18. The molecule has 0 aliphatic carbocycles. The molecule has 3 nitrogen and oxygen atoms in total. The van der Waals surface area contributed by atoms with Crippen LogP contribution >= 0.6 is 0 Å². The summed E-state index contributed by atoms with van der Waals surface area (Å²) in [5, 5.41) is 3.74. The molecule has 0 radical (unpaired) electrons. The summed E-state index contributed by atoms with van der Waals surface area (Å²) in [6.45, 7) is 13.8. The van der Waals surface area contributed by atoms with Crippen molar-refractivity contribution in [1.82, 2.24) is 10.2 Å². The highest BCUT2D eigenvalue weighted by molar-refractivity contribution is 5.78. The summed E-state index contributed by atoms with van der Waals surface area (Å²) in [5.74, 6) is 1.77. The molecule has 2 atom stereocenters. The lowest BCUT2D eigenvalue weighted by Gasteiger charge is -2.35. The third-order valence-electron chi connectivity index (χ3n) is 4.40. The molecule has 20 heavy (non-hydrogen) atoms. The van der Waals surface area contributed by atoms with Crippen molar-refractivity contribution in [2.24, 2.45) is 17.8 Å². The van der Waals surface area contributed by atoms with E-state index in [4.69, 9.17) is 0 Å². The van der Waals surface area contributed by atoms with Gasteiger partial charge in [-0.05, 0) is 37.6 Å². The zero-order valence-corrected chi connectivity index (χ0v) is 14.1. The van der Waals surface area contributed by atoms with Crippen LogP contribution in [0.5, 0.6) is 0 Å². The average molecular weight is 282 g/mol. The Morgan fingerprint density at radius 2 is 2.00 bits per heavy atom. The van der Waals surface area contributed by atoms with E-state index in [1.165, 1.54) is 19.3 Å². The first-order chi connectivity index (χ1) is 9.45. The molecule has 0 bridgehead atoms. The van der Waals surface area contributed by atoms with Crippen LogP contribution in [0.4, 0.5) is 0 Å². The smallest absolute Gasteiger partial charge is 0.225 e. The lowest BCUT2D eigenvalue weighted by atomic mass is 9.94. The first-order valence-electron chi connectivity index (χ1n) is 8.47. The van der Waals surface area contributed by atoms with Crippen molar-refractivity contribution in [2.45, 2.75) is 66.3 Å². The second-order valence-electron chi connectivity index (χ2n) is 6.99. The van der Waals surface area contributed by atoms with Gasteiger partial charge in [0.2, 0.25) is 5.91 Å². The highest BCUT2D eigenvalue weighted by Gasteiger charge is 2.25. The van der Waals surface area contributed by atoms with E-state index in [9.17, 15) is 4.79 Å². The van der Waals surface area contributed by atoms with Gasteiger partial charge >= 0.3 is 0 Å². The number of carbonyl (C=O) groups is 1. The van der Waals surface area contributed by atoms with Gasteiger partial charge in [0, 0.05) is 25.0 Å². The van der Waals surface area contributed by atoms with Crippen LogP contribution < -0.4 is 5.32 Å². The molecule has 1 rings (SSSR count). The third-order valence-corrected chi connectivity index (χ3v) is 4.40. The fourth-order valence-electron chi connectivity index (χ4n) is 3.10. The molecule has 1 amide bonds. The monoisotopic (exact) mass is 282 g/mol. The summed E-state index contributed by atoms with van der Waals surface area (Å²) in [5.41, 5.74) is 0. The van der Waals surface area contributed by atoms with Crippen LogP contribution in [0, 0.1) is 17.8 Å². The van der Waals surface area contributed by atoms with Crippen molar-refractivity contribution in [3.63, 3.8) is 0 Å². The number of likely N-dealkylation sites (tertiary alicyclic amines) is 1. The molecule has 1 N–H and O–H groups in total. The van der Waals surface area contributed by atoms with E-state index < -0.39 is 0 Å². The van der Waals surface area contributed by atoms with E-state index in [0.717, 1.165) is 26.1 Å². The quantitative estimate of drug-likeness (QED) is 0.777. The summed E-state index contributed by atoms with van der Waals surface area (Å²) in [4.78, 5) is 14.2. The van der Waals surface area contributed by atoms with Gasteiger partial charge in [-0.15, -0.1) is 0 Å². The zero-order chi connectivity index (χ0) is 15.1. The van der Waals surface area contributed by atoms with Gasteiger partial charge in [0.1, 0.15) is 0 Å². The fraction of sp³-hybridized carbons (Fsp3) is 0.941. The number of carbonyl (C=O) groups excluding carboxylic acids is 1. The maximum Gasteiger partial charge on any atom is 0.225 e. The number of hydrogen-bond acceptors (Lipinski definition) is 2. The second kappa shape index (κ2) is 8.66. The van der Waals surface area contributed by atoms with Crippen LogP contribution in [0.1, 0.15) is 60.3 Å². The Balaban J connectivity index is 2.41. The van der Waals surface area contributed by atoms with Gasteiger partial charge in [-0.3, -0.25) is 4.79 Å². The van der Waals surface area contributed by atoms with Crippen molar-refractivity contribution in [3.05, 3.63) is 0 Å². The standard InChI is InChI=1S/C17H34N2O/c1-6-8-16(13(2)3)18-11-15-9-7-10-19(12-15)17(20)14(4)5/h13-16,18H,6-12H2,1-5H3. The lowest BCUT2D eigenvalue weighted by molar-refractivity contribution is -0.136. The van der Waals surface area contributed by atoms with Crippen molar-refractivity contribution in [3.8, 4) is 0 Å². The summed E-state index contributed by atoms with van der Waals surface area (Å²) < 4.78 is 0. The van der Waals surface area contributed by atoms with Crippen LogP contribution in [0.25, 0.3) is 0 Å². The largest absolute Gasteiger partial charge is 0.342 e. The van der Waals surface area contributed by atoms with Gasteiger partial charge in [-0.2, -0.15) is 0 Å². The van der Waals surface area contributed by atoms with Gasteiger partial charge in [-0.25, -0.2) is 0 Å².